The first-order valence-corrected chi connectivity index (χ1v) is 7.37. The van der Waals surface area contributed by atoms with Gasteiger partial charge in [0.1, 0.15) is 0 Å². The van der Waals surface area contributed by atoms with E-state index in [1.54, 1.807) is 7.11 Å². The number of rotatable bonds is 6. The molecule has 1 fully saturated rings. The molecule has 1 saturated heterocycles. The minimum absolute atomic E-state index is 0.745. The smallest absolute Gasteiger partial charge is 0.0491 e. The first kappa shape index (κ1) is 14.4. The Hall–Kier alpha value is -1.06. The molecule has 3 heteroatoms. The Kier molecular flexibility index (Phi) is 5.67. The van der Waals surface area contributed by atoms with Crippen molar-refractivity contribution in [1.82, 2.24) is 5.32 Å². The van der Waals surface area contributed by atoms with Crippen molar-refractivity contribution in [2.24, 2.45) is 5.92 Å². The summed E-state index contributed by atoms with van der Waals surface area (Å²) in [5.74, 6) is 0.745. The van der Waals surface area contributed by atoms with Crippen molar-refractivity contribution in [3.63, 3.8) is 0 Å². The van der Waals surface area contributed by atoms with Crippen LogP contribution in [0.15, 0.2) is 24.3 Å². The van der Waals surface area contributed by atoms with E-state index in [1.165, 1.54) is 24.1 Å². The van der Waals surface area contributed by atoms with Crippen LogP contribution >= 0.6 is 0 Å². The van der Waals surface area contributed by atoms with E-state index >= 15 is 0 Å². The predicted molar refractivity (Wildman–Crippen MR) is 80.6 cm³/mol. The van der Waals surface area contributed by atoms with Gasteiger partial charge in [0.05, 0.1) is 0 Å². The van der Waals surface area contributed by atoms with Crippen LogP contribution in [0.4, 0.5) is 5.69 Å². The molecule has 106 valence electrons. The van der Waals surface area contributed by atoms with E-state index in [0.29, 0.717) is 0 Å². The van der Waals surface area contributed by atoms with Gasteiger partial charge >= 0.3 is 0 Å². The van der Waals surface area contributed by atoms with Crippen molar-refractivity contribution in [1.29, 1.82) is 0 Å². The number of benzene rings is 1. The van der Waals surface area contributed by atoms with E-state index in [2.05, 4.69) is 41.4 Å². The van der Waals surface area contributed by atoms with Crippen LogP contribution in [0.5, 0.6) is 0 Å². The highest BCUT2D eigenvalue weighted by Crippen LogP contribution is 2.23. The second-order valence-corrected chi connectivity index (χ2v) is 5.33. The molecule has 2 rings (SSSR count). The maximum Gasteiger partial charge on any atom is 0.0491 e. The van der Waals surface area contributed by atoms with Crippen LogP contribution in [0.3, 0.4) is 0 Å². The molecule has 1 N–H and O–H groups in total. The highest BCUT2D eigenvalue weighted by molar-refractivity contribution is 5.47. The molecule has 0 bridgehead atoms. The Morgan fingerprint density at radius 3 is 2.47 bits per heavy atom. The lowest BCUT2D eigenvalue weighted by atomic mass is 9.97. The quantitative estimate of drug-likeness (QED) is 0.853. The molecule has 0 unspecified atom stereocenters. The van der Waals surface area contributed by atoms with E-state index in [1.807, 2.05) is 0 Å². The van der Waals surface area contributed by atoms with Gasteiger partial charge in [-0.05, 0) is 43.0 Å². The number of hydrogen-bond acceptors (Lipinski definition) is 3. The van der Waals surface area contributed by atoms with Crippen LogP contribution in [-0.4, -0.2) is 33.4 Å². The average molecular weight is 262 g/mol. The Labute approximate surface area is 116 Å². The van der Waals surface area contributed by atoms with Crippen molar-refractivity contribution in [3.05, 3.63) is 29.8 Å². The van der Waals surface area contributed by atoms with Crippen LogP contribution in [0.2, 0.25) is 0 Å². The molecular weight excluding hydrogens is 236 g/mol. The summed E-state index contributed by atoms with van der Waals surface area (Å²) >= 11 is 0. The van der Waals surface area contributed by atoms with Crippen molar-refractivity contribution in [2.45, 2.75) is 26.3 Å². The Bertz CT molecular complexity index is 356. The standard InChI is InChI=1S/C16H26N2O/c1-3-17-12-14-4-6-16(7-5-14)18-10-8-15(9-11-18)13-19-2/h4-7,15,17H,3,8-13H2,1-2H3. The summed E-state index contributed by atoms with van der Waals surface area (Å²) < 4.78 is 5.25. The highest BCUT2D eigenvalue weighted by Gasteiger charge is 2.19. The molecule has 0 amide bonds. The minimum Gasteiger partial charge on any atom is -0.384 e. The molecule has 1 aromatic carbocycles. The summed E-state index contributed by atoms with van der Waals surface area (Å²) in [6, 6.07) is 8.98. The fourth-order valence-corrected chi connectivity index (χ4v) is 2.69. The molecule has 3 nitrogen and oxygen atoms in total. The van der Waals surface area contributed by atoms with E-state index in [-0.39, 0.29) is 0 Å². The lowest BCUT2D eigenvalue weighted by Gasteiger charge is -2.33. The molecule has 0 spiro atoms. The summed E-state index contributed by atoms with van der Waals surface area (Å²) in [5.41, 5.74) is 2.72. The summed E-state index contributed by atoms with van der Waals surface area (Å²) in [6.07, 6.45) is 2.49. The summed E-state index contributed by atoms with van der Waals surface area (Å²) in [5, 5.41) is 3.36. The number of ether oxygens (including phenoxy) is 1. The van der Waals surface area contributed by atoms with Gasteiger partial charge in [0.2, 0.25) is 0 Å². The second-order valence-electron chi connectivity index (χ2n) is 5.33. The maximum atomic E-state index is 5.25. The highest BCUT2D eigenvalue weighted by atomic mass is 16.5. The maximum absolute atomic E-state index is 5.25. The zero-order chi connectivity index (χ0) is 13.5. The van der Waals surface area contributed by atoms with Gasteiger partial charge in [0.25, 0.3) is 0 Å². The molecule has 1 aliphatic rings. The summed E-state index contributed by atoms with van der Waals surface area (Å²) in [4.78, 5) is 2.49. The van der Waals surface area contributed by atoms with Crippen LogP contribution in [0.1, 0.15) is 25.3 Å². The van der Waals surface area contributed by atoms with Crippen molar-refractivity contribution in [3.8, 4) is 0 Å². The number of nitrogens with zero attached hydrogens (tertiary/aromatic N) is 1. The van der Waals surface area contributed by atoms with Gasteiger partial charge in [-0.25, -0.2) is 0 Å². The fourth-order valence-electron chi connectivity index (χ4n) is 2.69. The van der Waals surface area contributed by atoms with Gasteiger partial charge in [-0.1, -0.05) is 19.1 Å². The molecule has 1 aliphatic heterocycles. The van der Waals surface area contributed by atoms with Gasteiger partial charge in [-0.3, -0.25) is 0 Å². The summed E-state index contributed by atoms with van der Waals surface area (Å²) in [6.45, 7) is 7.34. The first-order chi connectivity index (χ1) is 9.33. The Morgan fingerprint density at radius 1 is 1.21 bits per heavy atom. The molecule has 0 atom stereocenters. The number of anilines is 1. The van der Waals surface area contributed by atoms with Crippen LogP contribution < -0.4 is 10.2 Å². The van der Waals surface area contributed by atoms with Gasteiger partial charge in [-0.15, -0.1) is 0 Å². The second kappa shape index (κ2) is 7.51. The Balaban J connectivity index is 1.85. The monoisotopic (exact) mass is 262 g/mol. The topological polar surface area (TPSA) is 24.5 Å². The fraction of sp³-hybridized carbons (Fsp3) is 0.625. The molecule has 0 aromatic heterocycles. The Morgan fingerprint density at radius 2 is 1.89 bits per heavy atom. The van der Waals surface area contributed by atoms with Crippen LogP contribution in [-0.2, 0) is 11.3 Å². The predicted octanol–water partition coefficient (Wildman–Crippen LogP) is 2.66. The van der Waals surface area contributed by atoms with Crippen LogP contribution in [0, 0.1) is 5.92 Å². The molecule has 19 heavy (non-hydrogen) atoms. The van der Waals surface area contributed by atoms with Crippen molar-refractivity contribution in [2.75, 3.05) is 38.3 Å². The van der Waals surface area contributed by atoms with Gasteiger partial charge in [-0.2, -0.15) is 0 Å². The van der Waals surface area contributed by atoms with Gasteiger partial charge < -0.3 is 15.0 Å². The third-order valence-electron chi connectivity index (χ3n) is 3.90. The summed E-state index contributed by atoms with van der Waals surface area (Å²) in [7, 11) is 1.80. The SMILES string of the molecule is CCNCc1ccc(N2CCC(COC)CC2)cc1. The molecule has 1 aromatic rings. The number of hydrogen-bond donors (Lipinski definition) is 1. The lowest BCUT2D eigenvalue weighted by Crippen LogP contribution is -2.34. The first-order valence-electron chi connectivity index (χ1n) is 7.37. The van der Waals surface area contributed by atoms with Crippen molar-refractivity contribution >= 4 is 5.69 Å². The molecule has 0 radical (unpaired) electrons. The zero-order valence-electron chi connectivity index (χ0n) is 12.2. The molecule has 0 aliphatic carbocycles. The molecule has 0 saturated carbocycles. The number of methoxy groups -OCH3 is 1. The molecular formula is C16H26N2O. The molecule has 1 heterocycles. The zero-order valence-corrected chi connectivity index (χ0v) is 12.2. The van der Waals surface area contributed by atoms with E-state index in [4.69, 9.17) is 4.74 Å². The van der Waals surface area contributed by atoms with Gasteiger partial charge in [0.15, 0.2) is 0 Å². The average Bonchev–Trinajstić information content (AvgIpc) is 2.47. The number of piperidine rings is 1. The van der Waals surface area contributed by atoms with E-state index in [0.717, 1.165) is 38.7 Å². The van der Waals surface area contributed by atoms with E-state index in [9.17, 15) is 0 Å². The number of nitrogens with one attached hydrogen (secondary N) is 1. The lowest BCUT2D eigenvalue weighted by molar-refractivity contribution is 0.139. The van der Waals surface area contributed by atoms with E-state index < -0.39 is 0 Å². The third-order valence-corrected chi connectivity index (χ3v) is 3.90. The normalized spacial score (nSPS) is 16.8. The minimum atomic E-state index is 0.745. The largest absolute Gasteiger partial charge is 0.384 e. The van der Waals surface area contributed by atoms with Crippen molar-refractivity contribution < 1.29 is 4.74 Å². The third kappa shape index (κ3) is 4.22. The van der Waals surface area contributed by atoms with Crippen LogP contribution in [0.25, 0.3) is 0 Å². The van der Waals surface area contributed by atoms with Gasteiger partial charge in [0, 0.05) is 39.0 Å².